The minimum Gasteiger partial charge on any atom is -0.369 e. The smallest absolute Gasteiger partial charge is 0.239 e. The van der Waals surface area contributed by atoms with Crippen LogP contribution in [-0.2, 0) is 15.7 Å². The summed E-state index contributed by atoms with van der Waals surface area (Å²) in [6, 6.07) is 10.3. The number of thiophene rings is 1. The fourth-order valence-corrected chi connectivity index (χ4v) is 5.17. The summed E-state index contributed by atoms with van der Waals surface area (Å²) in [4.78, 5) is 20.2. The molecule has 1 aliphatic carbocycles. The maximum atomic E-state index is 13.2. The monoisotopic (exact) mass is 387 g/mol. The molecule has 1 fully saturated rings. The highest BCUT2D eigenvalue weighted by molar-refractivity contribution is 7.10. The summed E-state index contributed by atoms with van der Waals surface area (Å²) in [5.74, 6) is -0.299. The van der Waals surface area contributed by atoms with Crippen molar-refractivity contribution in [3.8, 4) is 0 Å². The first-order chi connectivity index (χ1) is 12.3. The van der Waals surface area contributed by atoms with Crippen molar-refractivity contribution in [3.05, 3.63) is 56.7 Å². The van der Waals surface area contributed by atoms with Crippen molar-refractivity contribution in [1.29, 1.82) is 0 Å². The Kier molecular flexibility index (Phi) is 3.93. The third kappa shape index (κ3) is 2.57. The van der Waals surface area contributed by atoms with Gasteiger partial charge in [-0.25, -0.2) is 4.99 Å². The number of aliphatic imine (C=N–C) groups is 1. The summed E-state index contributed by atoms with van der Waals surface area (Å²) >= 11 is 7.93. The van der Waals surface area contributed by atoms with Crippen LogP contribution in [0.5, 0.6) is 0 Å². The van der Waals surface area contributed by atoms with Gasteiger partial charge in [-0.05, 0) is 47.8 Å². The van der Waals surface area contributed by atoms with Crippen LogP contribution in [0.1, 0.15) is 48.6 Å². The van der Waals surface area contributed by atoms with Gasteiger partial charge in [0.2, 0.25) is 5.91 Å². The molecular weight excluding hydrogens is 366 g/mol. The summed E-state index contributed by atoms with van der Waals surface area (Å²) in [6.07, 6.45) is 2.45. The molecule has 4 nitrogen and oxygen atoms in total. The van der Waals surface area contributed by atoms with Crippen LogP contribution in [0.25, 0.3) is 0 Å². The van der Waals surface area contributed by atoms with E-state index in [-0.39, 0.29) is 11.9 Å². The topological polar surface area (TPSA) is 58.7 Å². The molecule has 2 atom stereocenters. The van der Waals surface area contributed by atoms with Gasteiger partial charge in [-0.2, -0.15) is 0 Å². The van der Waals surface area contributed by atoms with Crippen molar-refractivity contribution in [2.45, 2.75) is 43.6 Å². The Balaban J connectivity index is 1.83. The number of rotatable bonds is 3. The number of carbonyl (C=O) groups excluding carboxylic acids is 1. The second-order valence-corrected chi connectivity index (χ2v) is 9.05. The fraction of sp³-hybridized carbons (Fsp3) is 0.400. The predicted molar refractivity (Wildman–Crippen MR) is 107 cm³/mol. The number of carbonyl (C=O) groups is 1. The molecule has 1 aliphatic heterocycles. The van der Waals surface area contributed by atoms with E-state index in [1.807, 2.05) is 18.4 Å². The van der Waals surface area contributed by atoms with E-state index in [9.17, 15) is 4.79 Å². The number of amides is 1. The van der Waals surface area contributed by atoms with Gasteiger partial charge in [-0.3, -0.25) is 9.69 Å². The average Bonchev–Trinajstić information content (AvgIpc) is 3.20. The molecule has 0 spiro atoms. The van der Waals surface area contributed by atoms with Crippen molar-refractivity contribution in [2.75, 3.05) is 7.05 Å². The largest absolute Gasteiger partial charge is 0.369 e. The Hall–Kier alpha value is -1.85. The molecule has 2 aliphatic rings. The summed E-state index contributed by atoms with van der Waals surface area (Å²) in [5.41, 5.74) is 7.80. The van der Waals surface area contributed by atoms with Gasteiger partial charge in [-0.1, -0.05) is 42.8 Å². The Morgan fingerprint density at radius 2 is 1.88 bits per heavy atom. The lowest BCUT2D eigenvalue weighted by atomic mass is 9.77. The van der Waals surface area contributed by atoms with Gasteiger partial charge in [0.1, 0.15) is 5.54 Å². The Morgan fingerprint density at radius 3 is 2.42 bits per heavy atom. The SMILES string of the molecule is CN1C(=O)C(c2ccc(C3(C)CC3)cc2)[C@@](C)(c2sccc2Cl)N=C1N. The van der Waals surface area contributed by atoms with E-state index in [1.54, 1.807) is 7.05 Å². The molecule has 0 bridgehead atoms. The van der Waals surface area contributed by atoms with Gasteiger partial charge in [0.25, 0.3) is 0 Å². The van der Waals surface area contributed by atoms with Crippen LogP contribution in [0.3, 0.4) is 0 Å². The third-order valence-electron chi connectivity index (χ3n) is 5.85. The lowest BCUT2D eigenvalue weighted by molar-refractivity contribution is -0.130. The number of nitrogens with two attached hydrogens (primary N) is 1. The highest BCUT2D eigenvalue weighted by Gasteiger charge is 2.49. The number of nitrogens with zero attached hydrogens (tertiary/aromatic N) is 2. The molecule has 1 unspecified atom stereocenters. The van der Waals surface area contributed by atoms with Crippen molar-refractivity contribution >= 4 is 34.8 Å². The molecule has 0 radical (unpaired) electrons. The van der Waals surface area contributed by atoms with Gasteiger partial charge in [0.05, 0.1) is 15.8 Å². The zero-order valence-electron chi connectivity index (χ0n) is 15.1. The Morgan fingerprint density at radius 1 is 1.23 bits per heavy atom. The minimum atomic E-state index is -0.816. The standard InChI is InChI=1S/C20H22ClN3OS/c1-19(9-10-19)13-6-4-12(5-7-13)15-17(25)24(3)18(22)23-20(15,2)16-14(21)8-11-26-16/h4-8,11,15H,9-10H2,1-3H3,(H2,22,23)/t15?,20-/m0/s1. The third-order valence-corrected chi connectivity index (χ3v) is 7.42. The van der Waals surface area contributed by atoms with Crippen molar-refractivity contribution in [1.82, 2.24) is 4.90 Å². The summed E-state index contributed by atoms with van der Waals surface area (Å²) in [6.45, 7) is 4.23. The molecule has 2 aromatic rings. The summed E-state index contributed by atoms with van der Waals surface area (Å²) in [5, 5.41) is 2.55. The highest BCUT2D eigenvalue weighted by Crippen LogP contribution is 2.50. The van der Waals surface area contributed by atoms with E-state index in [2.05, 4.69) is 31.2 Å². The van der Waals surface area contributed by atoms with E-state index in [1.165, 1.54) is 34.6 Å². The molecule has 26 heavy (non-hydrogen) atoms. The summed E-state index contributed by atoms with van der Waals surface area (Å²) in [7, 11) is 1.67. The average molecular weight is 388 g/mol. The molecular formula is C20H22ClN3OS. The van der Waals surface area contributed by atoms with Crippen LogP contribution in [0.15, 0.2) is 40.7 Å². The van der Waals surface area contributed by atoms with Crippen LogP contribution in [-0.4, -0.2) is 23.8 Å². The van der Waals surface area contributed by atoms with Gasteiger partial charge in [0.15, 0.2) is 5.96 Å². The van der Waals surface area contributed by atoms with E-state index >= 15 is 0 Å². The Bertz CT molecular complexity index is 900. The predicted octanol–water partition coefficient (Wildman–Crippen LogP) is 4.24. The van der Waals surface area contributed by atoms with E-state index < -0.39 is 11.5 Å². The molecule has 4 rings (SSSR count). The molecule has 136 valence electrons. The van der Waals surface area contributed by atoms with Gasteiger partial charge < -0.3 is 5.73 Å². The molecule has 0 saturated heterocycles. The zero-order valence-corrected chi connectivity index (χ0v) is 16.7. The fourth-order valence-electron chi connectivity index (χ4n) is 3.78. The Labute approximate surface area is 162 Å². The van der Waals surface area contributed by atoms with E-state index in [4.69, 9.17) is 22.3 Å². The highest BCUT2D eigenvalue weighted by atomic mass is 35.5. The van der Waals surface area contributed by atoms with Gasteiger partial charge >= 0.3 is 0 Å². The second-order valence-electron chi connectivity index (χ2n) is 7.73. The molecule has 1 aromatic heterocycles. The number of benzene rings is 1. The number of hydrogen-bond acceptors (Lipinski definition) is 4. The first-order valence-corrected chi connectivity index (χ1v) is 9.99. The number of hydrogen-bond donors (Lipinski definition) is 1. The maximum Gasteiger partial charge on any atom is 0.239 e. The van der Waals surface area contributed by atoms with Gasteiger partial charge in [-0.15, -0.1) is 11.3 Å². The van der Waals surface area contributed by atoms with Crippen LogP contribution < -0.4 is 5.73 Å². The van der Waals surface area contributed by atoms with Gasteiger partial charge in [0, 0.05) is 7.05 Å². The van der Waals surface area contributed by atoms with E-state index in [0.29, 0.717) is 10.4 Å². The summed E-state index contributed by atoms with van der Waals surface area (Å²) < 4.78 is 0. The quantitative estimate of drug-likeness (QED) is 0.856. The molecule has 1 aromatic carbocycles. The molecule has 1 amide bonds. The van der Waals surface area contributed by atoms with Crippen LogP contribution in [0, 0.1) is 0 Å². The van der Waals surface area contributed by atoms with Crippen molar-refractivity contribution in [2.24, 2.45) is 10.7 Å². The van der Waals surface area contributed by atoms with Crippen molar-refractivity contribution < 1.29 is 4.79 Å². The zero-order chi connectivity index (χ0) is 18.7. The van der Waals surface area contributed by atoms with E-state index in [0.717, 1.165) is 10.4 Å². The normalized spacial score (nSPS) is 27.4. The molecule has 2 heterocycles. The first kappa shape index (κ1) is 17.6. The number of likely N-dealkylation sites (N-methyl/N-ethyl adjacent to an activating group) is 1. The number of halogens is 1. The van der Waals surface area contributed by atoms with Crippen LogP contribution in [0.2, 0.25) is 5.02 Å². The van der Waals surface area contributed by atoms with Crippen molar-refractivity contribution in [3.63, 3.8) is 0 Å². The molecule has 1 saturated carbocycles. The lowest BCUT2D eigenvalue weighted by Crippen LogP contribution is -2.52. The molecule has 6 heteroatoms. The second kappa shape index (κ2) is 5.83. The maximum absolute atomic E-state index is 13.2. The number of guanidine groups is 1. The molecule has 2 N–H and O–H groups in total. The van der Waals surface area contributed by atoms with Crippen LogP contribution in [0.4, 0.5) is 0 Å². The van der Waals surface area contributed by atoms with Crippen LogP contribution >= 0.6 is 22.9 Å². The lowest BCUT2D eigenvalue weighted by Gasteiger charge is -2.40. The first-order valence-electron chi connectivity index (χ1n) is 8.73. The minimum absolute atomic E-state index is 0.0603.